The fraction of sp³-hybridized carbons (Fsp3) is 0.483. The Hall–Kier alpha value is -3.43. The number of nitrogens with zero attached hydrogens (tertiary/aromatic N) is 1. The first-order valence-corrected chi connectivity index (χ1v) is 14.1. The third-order valence-electron chi connectivity index (χ3n) is 7.12. The van der Waals surface area contributed by atoms with E-state index in [0.717, 1.165) is 0 Å². The van der Waals surface area contributed by atoms with Crippen molar-refractivity contribution in [1.29, 1.82) is 5.26 Å². The fourth-order valence-electron chi connectivity index (χ4n) is 4.87. The van der Waals surface area contributed by atoms with Crippen molar-refractivity contribution in [2.45, 2.75) is 63.3 Å². The lowest BCUT2D eigenvalue weighted by atomic mass is 9.71. The lowest BCUT2D eigenvalue weighted by molar-refractivity contribution is -0.00364. The molecule has 1 fully saturated rings. The van der Waals surface area contributed by atoms with Crippen LogP contribution in [-0.2, 0) is 31.8 Å². The lowest BCUT2D eigenvalue weighted by Gasteiger charge is -2.46. The monoisotopic (exact) mass is 571 g/mol. The molecular weight excluding hydrogens is 534 g/mol. The first kappa shape index (κ1) is 31.1. The van der Waals surface area contributed by atoms with Crippen molar-refractivity contribution in [3.63, 3.8) is 0 Å². The third kappa shape index (κ3) is 7.40. The van der Waals surface area contributed by atoms with Gasteiger partial charge in [-0.05, 0) is 41.5 Å². The number of hydrogen-bond acceptors (Lipinski definition) is 9. The van der Waals surface area contributed by atoms with E-state index in [1.165, 1.54) is 19.2 Å². The van der Waals surface area contributed by atoms with Gasteiger partial charge in [-0.3, -0.25) is 5.32 Å². The summed E-state index contributed by atoms with van der Waals surface area (Å²) in [4.78, 5) is 12.9. The molecule has 3 unspecified atom stereocenters. The number of rotatable bonds is 12. The molecule has 0 bridgehead atoms. The van der Waals surface area contributed by atoms with Crippen LogP contribution in [0.5, 0.6) is 5.75 Å². The van der Waals surface area contributed by atoms with E-state index in [1.54, 1.807) is 42.5 Å². The van der Waals surface area contributed by atoms with E-state index in [0.29, 0.717) is 30.8 Å². The number of aliphatic hydroxyl groups is 1. The van der Waals surface area contributed by atoms with Crippen molar-refractivity contribution in [3.05, 3.63) is 65.7 Å². The van der Waals surface area contributed by atoms with Crippen molar-refractivity contribution in [2.75, 3.05) is 20.3 Å². The van der Waals surface area contributed by atoms with E-state index in [1.807, 2.05) is 13.8 Å². The van der Waals surface area contributed by atoms with Gasteiger partial charge in [0.05, 0.1) is 31.3 Å². The van der Waals surface area contributed by atoms with Crippen molar-refractivity contribution in [2.24, 2.45) is 11.1 Å². The molecule has 0 spiro atoms. The van der Waals surface area contributed by atoms with E-state index >= 15 is 0 Å². The molecule has 11 heteroatoms. The summed E-state index contributed by atoms with van der Waals surface area (Å²) in [6.07, 6.45) is -0.631. The summed E-state index contributed by atoms with van der Waals surface area (Å²) in [5.74, 6) is 0.476. The Morgan fingerprint density at radius 2 is 1.88 bits per heavy atom. The second kappa shape index (κ2) is 13.3. The second-order valence-corrected chi connectivity index (χ2v) is 11.7. The van der Waals surface area contributed by atoms with Crippen LogP contribution < -0.4 is 15.8 Å². The summed E-state index contributed by atoms with van der Waals surface area (Å²) in [5.41, 5.74) is 2.51. The highest BCUT2D eigenvalue weighted by Gasteiger charge is 2.55. The van der Waals surface area contributed by atoms with Crippen molar-refractivity contribution in [3.8, 4) is 11.8 Å². The van der Waals surface area contributed by atoms with Gasteiger partial charge in [0.1, 0.15) is 17.5 Å². The highest BCUT2D eigenvalue weighted by molar-refractivity contribution is 7.73. The van der Waals surface area contributed by atoms with Crippen LogP contribution in [0.1, 0.15) is 50.7 Å². The molecule has 40 heavy (non-hydrogen) atoms. The summed E-state index contributed by atoms with van der Waals surface area (Å²) in [6.45, 7) is 4.28. The molecule has 0 aromatic heterocycles. The molecule has 3 atom stereocenters. The predicted octanol–water partition coefficient (Wildman–Crippen LogP) is 3.07. The molecule has 3 rings (SSSR count). The summed E-state index contributed by atoms with van der Waals surface area (Å²) in [5, 5.41) is 24.5. The number of ether oxygens (including phenoxy) is 3. The number of amides is 1. The number of hydrogen-bond donors (Lipinski definition) is 3. The standard InChI is InChI=1S/C29H37N3O7S/c1-27(2,15-7-16-30)19-25(40(35)36)29(34,22-10-12-23(37-3)13-11-22)28(31,18-21-8-5-4-6-9-21)32-26(33)39-24-14-17-38-20-24/h4-6,8-13,24,34H,7,14-15,17-20,31H2,1-3H3,(H,32,33). The SMILES string of the molecule is COc1ccc(C(O)(C(CC(C)(C)CCC#N)=S(=O)=O)C(N)(Cc2ccccc2)NC(=O)OC2CCOC2)cc1. The van der Waals surface area contributed by atoms with Crippen LogP contribution in [0.3, 0.4) is 0 Å². The minimum atomic E-state index is -2.95. The first-order chi connectivity index (χ1) is 18.9. The molecule has 0 radical (unpaired) electrons. The maximum atomic E-state index is 13.2. The largest absolute Gasteiger partial charge is 0.497 e. The Morgan fingerprint density at radius 1 is 1.20 bits per heavy atom. The number of nitriles is 1. The van der Waals surface area contributed by atoms with Crippen LogP contribution in [0.15, 0.2) is 54.6 Å². The number of carbonyl (C=O) groups excluding carboxylic acids is 1. The number of carbonyl (C=O) groups is 1. The van der Waals surface area contributed by atoms with Crippen LogP contribution >= 0.6 is 0 Å². The van der Waals surface area contributed by atoms with Crippen molar-refractivity contribution < 1.29 is 32.5 Å². The number of nitrogens with one attached hydrogen (secondary N) is 1. The van der Waals surface area contributed by atoms with E-state index in [4.69, 9.17) is 25.2 Å². The molecule has 0 aliphatic carbocycles. The van der Waals surface area contributed by atoms with E-state index in [2.05, 4.69) is 11.4 Å². The average molecular weight is 572 g/mol. The molecule has 2 aromatic carbocycles. The first-order valence-electron chi connectivity index (χ1n) is 13.0. The van der Waals surface area contributed by atoms with Crippen LogP contribution in [-0.4, -0.2) is 56.6 Å². The van der Waals surface area contributed by atoms with Crippen molar-refractivity contribution in [1.82, 2.24) is 5.32 Å². The van der Waals surface area contributed by atoms with Gasteiger partial charge in [-0.25, -0.2) is 4.79 Å². The maximum absolute atomic E-state index is 13.2. The molecule has 0 saturated carbocycles. The zero-order valence-electron chi connectivity index (χ0n) is 23.1. The molecule has 216 valence electrons. The van der Waals surface area contributed by atoms with Crippen molar-refractivity contribution >= 4 is 21.3 Å². The Kier molecular flexibility index (Phi) is 10.3. The van der Waals surface area contributed by atoms with E-state index in [-0.39, 0.29) is 36.3 Å². The van der Waals surface area contributed by atoms with Gasteiger partial charge in [-0.2, -0.15) is 13.7 Å². The van der Waals surface area contributed by atoms with E-state index < -0.39 is 39.2 Å². The number of nitrogens with two attached hydrogens (primary N) is 1. The average Bonchev–Trinajstić information content (AvgIpc) is 3.43. The van der Waals surface area contributed by atoms with Gasteiger partial charge in [-0.15, -0.1) is 0 Å². The maximum Gasteiger partial charge on any atom is 0.409 e. The molecule has 10 nitrogen and oxygen atoms in total. The summed E-state index contributed by atoms with van der Waals surface area (Å²) < 4.78 is 42.0. The Labute approximate surface area is 236 Å². The molecule has 1 aliphatic heterocycles. The quantitative estimate of drug-likeness (QED) is 0.257. The number of methoxy groups -OCH3 is 1. The van der Waals surface area contributed by atoms with Gasteiger partial charge < -0.3 is 25.1 Å². The van der Waals surface area contributed by atoms with Gasteiger partial charge in [-0.1, -0.05) is 56.3 Å². The molecular formula is C29H37N3O7S. The highest BCUT2D eigenvalue weighted by Crippen LogP contribution is 2.40. The molecule has 2 aromatic rings. The van der Waals surface area contributed by atoms with Crippen LogP contribution in [0.2, 0.25) is 0 Å². The Bertz CT molecular complexity index is 1330. The topological polar surface area (TPSA) is 161 Å². The van der Waals surface area contributed by atoms with Gasteiger partial charge in [0.15, 0.2) is 5.60 Å². The summed E-state index contributed by atoms with van der Waals surface area (Å²) >= 11 is 0. The van der Waals surface area contributed by atoms with Gasteiger partial charge in [0.25, 0.3) is 0 Å². The molecule has 4 N–H and O–H groups in total. The lowest BCUT2D eigenvalue weighted by Crippen LogP contribution is -2.73. The minimum Gasteiger partial charge on any atom is -0.497 e. The second-order valence-electron chi connectivity index (χ2n) is 10.7. The molecule has 1 aliphatic rings. The smallest absolute Gasteiger partial charge is 0.409 e. The minimum absolute atomic E-state index is 0.131. The number of alkyl carbamates (subject to hydrolysis) is 1. The third-order valence-corrected chi connectivity index (χ3v) is 7.97. The van der Waals surface area contributed by atoms with Gasteiger partial charge >= 0.3 is 6.09 Å². The normalized spacial score (nSPS) is 18.1. The molecule has 1 heterocycles. The van der Waals surface area contributed by atoms with Crippen LogP contribution in [0.4, 0.5) is 4.79 Å². The van der Waals surface area contributed by atoms with E-state index in [9.17, 15) is 18.3 Å². The Balaban J connectivity index is 2.21. The molecule has 1 amide bonds. The summed E-state index contributed by atoms with van der Waals surface area (Å²) in [6, 6.07) is 17.1. The predicted molar refractivity (Wildman–Crippen MR) is 150 cm³/mol. The Morgan fingerprint density at radius 3 is 2.42 bits per heavy atom. The molecule has 1 saturated heterocycles. The van der Waals surface area contributed by atoms with Crippen LogP contribution in [0.25, 0.3) is 0 Å². The zero-order chi connectivity index (χ0) is 29.4. The van der Waals surface area contributed by atoms with Gasteiger partial charge in [0, 0.05) is 19.3 Å². The number of benzene rings is 2. The zero-order valence-corrected chi connectivity index (χ0v) is 23.9. The fourth-order valence-corrected chi connectivity index (χ4v) is 5.92. The highest BCUT2D eigenvalue weighted by atomic mass is 32.2. The summed E-state index contributed by atoms with van der Waals surface area (Å²) in [7, 11) is -1.46. The van der Waals surface area contributed by atoms with Gasteiger partial charge in [0.2, 0.25) is 10.3 Å². The van der Waals surface area contributed by atoms with Crippen LogP contribution in [0, 0.1) is 16.7 Å².